The minimum absolute atomic E-state index is 0.163. The fraction of sp³-hybridized carbons (Fsp3) is 0.533. The van der Waals surface area contributed by atoms with Crippen LogP contribution < -0.4 is 0 Å². The second-order valence-electron chi connectivity index (χ2n) is 5.77. The molecule has 3 rings (SSSR count). The van der Waals surface area contributed by atoms with Gasteiger partial charge in [0.2, 0.25) is 0 Å². The molecule has 3 heterocycles. The second kappa shape index (κ2) is 6.93. The lowest BCUT2D eigenvalue weighted by atomic mass is 10.2. The van der Waals surface area contributed by atoms with Crippen LogP contribution in [0.2, 0.25) is 0 Å². The predicted octanol–water partition coefficient (Wildman–Crippen LogP) is 1.51. The Kier molecular flexibility index (Phi) is 4.74. The second-order valence-corrected chi connectivity index (χ2v) is 5.77. The first-order chi connectivity index (χ1) is 10.7. The van der Waals surface area contributed by atoms with Gasteiger partial charge in [-0.25, -0.2) is 14.4 Å². The van der Waals surface area contributed by atoms with E-state index >= 15 is 0 Å². The van der Waals surface area contributed by atoms with Gasteiger partial charge in [0.1, 0.15) is 18.3 Å². The van der Waals surface area contributed by atoms with Crippen molar-refractivity contribution in [2.24, 2.45) is 0 Å². The van der Waals surface area contributed by atoms with Crippen LogP contribution in [-0.2, 0) is 13.1 Å². The van der Waals surface area contributed by atoms with Crippen molar-refractivity contribution in [3.8, 4) is 0 Å². The Labute approximate surface area is 128 Å². The molecule has 22 heavy (non-hydrogen) atoms. The molecule has 118 valence electrons. The van der Waals surface area contributed by atoms with Crippen molar-refractivity contribution >= 4 is 0 Å². The third-order valence-corrected chi connectivity index (χ3v) is 3.89. The van der Waals surface area contributed by atoms with Gasteiger partial charge in [-0.2, -0.15) is 0 Å². The summed E-state index contributed by atoms with van der Waals surface area (Å²) < 4.78 is 18.7. The van der Waals surface area contributed by atoms with Gasteiger partial charge in [0.25, 0.3) is 0 Å². The highest BCUT2D eigenvalue weighted by molar-refractivity contribution is 4.97. The lowest BCUT2D eigenvalue weighted by Gasteiger charge is -2.27. The number of hydrogen-bond acceptors (Lipinski definition) is 6. The van der Waals surface area contributed by atoms with Crippen molar-refractivity contribution < 1.29 is 8.91 Å². The number of nitrogens with zero attached hydrogens (tertiary/aromatic N) is 5. The summed E-state index contributed by atoms with van der Waals surface area (Å²) in [5, 5.41) is 3.91. The Balaban J connectivity index is 1.58. The average molecular weight is 305 g/mol. The third kappa shape index (κ3) is 3.86. The maximum absolute atomic E-state index is 13.8. The highest BCUT2D eigenvalue weighted by atomic mass is 19.1. The van der Waals surface area contributed by atoms with E-state index in [9.17, 15) is 4.39 Å². The molecule has 0 N–H and O–H groups in total. The van der Waals surface area contributed by atoms with Gasteiger partial charge < -0.3 is 4.52 Å². The quantitative estimate of drug-likeness (QED) is 0.806. The number of alkyl halides is 1. The fourth-order valence-corrected chi connectivity index (χ4v) is 2.92. The van der Waals surface area contributed by atoms with E-state index in [1.807, 2.05) is 13.1 Å². The summed E-state index contributed by atoms with van der Waals surface area (Å²) in [5.41, 5.74) is 0.884. The molecule has 0 unspecified atom stereocenters. The van der Waals surface area contributed by atoms with Gasteiger partial charge in [-0.05, 0) is 19.5 Å². The van der Waals surface area contributed by atoms with Crippen molar-refractivity contribution in [1.82, 2.24) is 24.9 Å². The maximum Gasteiger partial charge on any atom is 0.142 e. The molecule has 0 saturated carbocycles. The van der Waals surface area contributed by atoms with Gasteiger partial charge in [0.15, 0.2) is 0 Å². The summed E-state index contributed by atoms with van der Waals surface area (Å²) in [5.74, 6) is 0.737. The molecule has 6 nitrogen and oxygen atoms in total. The zero-order valence-electron chi connectivity index (χ0n) is 12.6. The van der Waals surface area contributed by atoms with Crippen molar-refractivity contribution in [3.05, 3.63) is 42.3 Å². The van der Waals surface area contributed by atoms with Gasteiger partial charge in [0, 0.05) is 44.1 Å². The summed E-state index contributed by atoms with van der Waals surface area (Å²) in [6.07, 6.45) is 4.77. The summed E-state index contributed by atoms with van der Waals surface area (Å²) in [6, 6.07) is 3.79. The molecule has 2 atom stereocenters. The fourth-order valence-electron chi connectivity index (χ4n) is 2.92. The van der Waals surface area contributed by atoms with Crippen LogP contribution in [0.4, 0.5) is 4.39 Å². The predicted molar refractivity (Wildman–Crippen MR) is 78.6 cm³/mol. The lowest BCUT2D eigenvalue weighted by Crippen LogP contribution is -2.38. The molecule has 0 aliphatic carbocycles. The van der Waals surface area contributed by atoms with Crippen LogP contribution in [0.5, 0.6) is 0 Å². The van der Waals surface area contributed by atoms with Crippen molar-refractivity contribution in [3.63, 3.8) is 0 Å². The van der Waals surface area contributed by atoms with E-state index in [4.69, 9.17) is 4.52 Å². The Morgan fingerprint density at radius 3 is 2.95 bits per heavy atom. The molecule has 0 spiro atoms. The molecule has 1 saturated heterocycles. The number of hydrogen-bond donors (Lipinski definition) is 0. The van der Waals surface area contributed by atoms with Crippen LogP contribution in [0.15, 0.2) is 35.3 Å². The van der Waals surface area contributed by atoms with E-state index in [0.717, 1.165) is 18.1 Å². The molecule has 1 aliphatic rings. The van der Waals surface area contributed by atoms with Gasteiger partial charge in [-0.15, -0.1) is 0 Å². The summed E-state index contributed by atoms with van der Waals surface area (Å²) in [4.78, 5) is 12.7. The highest BCUT2D eigenvalue weighted by Crippen LogP contribution is 2.22. The van der Waals surface area contributed by atoms with Gasteiger partial charge >= 0.3 is 0 Å². The molecule has 0 aromatic carbocycles. The number of aromatic nitrogens is 3. The van der Waals surface area contributed by atoms with E-state index in [1.54, 1.807) is 24.7 Å². The van der Waals surface area contributed by atoms with Crippen LogP contribution >= 0.6 is 0 Å². The topological polar surface area (TPSA) is 58.3 Å². The van der Waals surface area contributed by atoms with Crippen molar-refractivity contribution in [1.29, 1.82) is 0 Å². The van der Waals surface area contributed by atoms with E-state index in [-0.39, 0.29) is 6.04 Å². The largest absolute Gasteiger partial charge is 0.364 e. The number of likely N-dealkylation sites (N-methyl/N-ethyl adjacent to an activating group) is 1. The Morgan fingerprint density at radius 1 is 1.41 bits per heavy atom. The van der Waals surface area contributed by atoms with Crippen LogP contribution in [0.3, 0.4) is 0 Å². The zero-order chi connectivity index (χ0) is 15.4. The van der Waals surface area contributed by atoms with E-state index in [0.29, 0.717) is 26.1 Å². The normalized spacial score (nSPS) is 22.5. The lowest BCUT2D eigenvalue weighted by molar-refractivity contribution is 0.175. The van der Waals surface area contributed by atoms with E-state index < -0.39 is 6.17 Å². The number of likely N-dealkylation sites (tertiary alicyclic amines) is 1. The minimum Gasteiger partial charge on any atom is -0.364 e. The molecule has 2 aromatic rings. The van der Waals surface area contributed by atoms with Gasteiger partial charge in [0.05, 0.1) is 12.2 Å². The van der Waals surface area contributed by atoms with Gasteiger partial charge in [-0.3, -0.25) is 9.80 Å². The Morgan fingerprint density at radius 2 is 2.23 bits per heavy atom. The molecule has 0 amide bonds. The van der Waals surface area contributed by atoms with Gasteiger partial charge in [-0.1, -0.05) is 5.16 Å². The van der Waals surface area contributed by atoms with Crippen LogP contribution in [0, 0.1) is 0 Å². The van der Waals surface area contributed by atoms with Crippen molar-refractivity contribution in [2.45, 2.75) is 31.7 Å². The smallest absolute Gasteiger partial charge is 0.142 e. The molecule has 7 heteroatoms. The Hall–Kier alpha value is -1.86. The molecular weight excluding hydrogens is 285 g/mol. The minimum atomic E-state index is -0.783. The summed E-state index contributed by atoms with van der Waals surface area (Å²) in [7, 11) is 2.01. The third-order valence-electron chi connectivity index (χ3n) is 3.89. The SMILES string of the molecule is CN(Cc1ccon1)C[C@@H]1C[C@H](F)CN1Cc1ncccn1. The first kappa shape index (κ1) is 15.1. The Bertz CT molecular complexity index is 565. The highest BCUT2D eigenvalue weighted by Gasteiger charge is 2.33. The average Bonchev–Trinajstić information content (AvgIpc) is 3.10. The molecular formula is C15H20FN5O. The van der Waals surface area contributed by atoms with E-state index in [2.05, 4.69) is 24.9 Å². The first-order valence-corrected chi connectivity index (χ1v) is 7.42. The molecule has 0 bridgehead atoms. The van der Waals surface area contributed by atoms with Crippen LogP contribution in [0.25, 0.3) is 0 Å². The maximum atomic E-state index is 13.8. The summed E-state index contributed by atoms with van der Waals surface area (Å²) >= 11 is 0. The number of rotatable bonds is 6. The molecule has 1 fully saturated rings. The first-order valence-electron chi connectivity index (χ1n) is 7.42. The van der Waals surface area contributed by atoms with E-state index in [1.165, 1.54) is 0 Å². The number of halogens is 1. The standard InChI is InChI=1S/C15H20FN5O/c1-20(9-13-3-6-22-19-13)10-14-7-12(16)8-21(14)11-15-17-4-2-5-18-15/h2-6,12,14H,7-11H2,1H3/t12-,14-/m0/s1. The summed E-state index contributed by atoms with van der Waals surface area (Å²) in [6.45, 7) is 2.50. The molecule has 0 radical (unpaired) electrons. The molecule has 2 aromatic heterocycles. The van der Waals surface area contributed by atoms with Crippen LogP contribution in [0.1, 0.15) is 17.9 Å². The van der Waals surface area contributed by atoms with Crippen molar-refractivity contribution in [2.75, 3.05) is 20.1 Å². The zero-order valence-corrected chi connectivity index (χ0v) is 12.6. The monoisotopic (exact) mass is 305 g/mol. The van der Waals surface area contributed by atoms with Crippen LogP contribution in [-0.4, -0.2) is 57.3 Å². The molecule has 1 aliphatic heterocycles.